The standard InChI is InChI=1S/C25H30FN5O4Si/c1-7-25(14-33-22(32)16-11-9-8-10-12-16)17(35-36(5,6)24(2,3)4)13-18(34-25)31-15-28-19-20(27)29-23(26)30-21(19)31/h1,8-12,15,17-18H,13-14H2,2-6H3,(H2,27,29,30)/t17-,18+,25+/m0/s1. The van der Waals surface area contributed by atoms with E-state index in [4.69, 9.17) is 26.1 Å². The maximum atomic E-state index is 14.0. The minimum Gasteiger partial charge on any atom is -0.458 e. The topological polar surface area (TPSA) is 114 Å². The van der Waals surface area contributed by atoms with E-state index >= 15 is 0 Å². The third-order valence-electron chi connectivity index (χ3n) is 6.93. The number of ether oxygens (including phenoxy) is 2. The summed E-state index contributed by atoms with van der Waals surface area (Å²) in [6, 6.07) is 8.61. The van der Waals surface area contributed by atoms with E-state index in [0.717, 1.165) is 0 Å². The van der Waals surface area contributed by atoms with E-state index in [9.17, 15) is 9.18 Å². The molecule has 190 valence electrons. The zero-order chi connectivity index (χ0) is 26.3. The average Bonchev–Trinajstić information content (AvgIpc) is 3.39. The van der Waals surface area contributed by atoms with Gasteiger partial charge < -0.3 is 19.6 Å². The van der Waals surface area contributed by atoms with Gasteiger partial charge in [-0.2, -0.15) is 14.4 Å². The van der Waals surface area contributed by atoms with Crippen LogP contribution in [0.5, 0.6) is 0 Å². The number of carbonyl (C=O) groups is 1. The quantitative estimate of drug-likeness (QED) is 0.228. The normalized spacial score (nSPS) is 22.5. The van der Waals surface area contributed by atoms with Crippen molar-refractivity contribution in [3.63, 3.8) is 0 Å². The van der Waals surface area contributed by atoms with Gasteiger partial charge in [-0.25, -0.2) is 9.78 Å². The van der Waals surface area contributed by atoms with Crippen molar-refractivity contribution in [2.75, 3.05) is 12.3 Å². The average molecular weight is 512 g/mol. The molecule has 0 aliphatic carbocycles. The van der Waals surface area contributed by atoms with Crippen LogP contribution in [0.3, 0.4) is 0 Å². The van der Waals surface area contributed by atoms with Crippen LogP contribution in [0.15, 0.2) is 36.7 Å². The maximum Gasteiger partial charge on any atom is 0.338 e. The van der Waals surface area contributed by atoms with Crippen molar-refractivity contribution < 1.29 is 23.1 Å². The molecule has 1 aliphatic heterocycles. The number of esters is 1. The van der Waals surface area contributed by atoms with E-state index in [0.29, 0.717) is 12.0 Å². The monoisotopic (exact) mass is 511 g/mol. The Labute approximate surface area is 210 Å². The van der Waals surface area contributed by atoms with Gasteiger partial charge in [-0.3, -0.25) is 4.57 Å². The summed E-state index contributed by atoms with van der Waals surface area (Å²) in [4.78, 5) is 24.3. The summed E-state index contributed by atoms with van der Waals surface area (Å²) in [5.74, 6) is 2.09. The van der Waals surface area contributed by atoms with Crippen LogP contribution < -0.4 is 5.73 Å². The Morgan fingerprint density at radius 3 is 2.67 bits per heavy atom. The fraction of sp³-hybridized carbons (Fsp3) is 0.440. The lowest BCUT2D eigenvalue weighted by Crippen LogP contribution is -2.52. The van der Waals surface area contributed by atoms with E-state index in [-0.39, 0.29) is 28.6 Å². The fourth-order valence-electron chi connectivity index (χ4n) is 3.83. The number of nitrogens with two attached hydrogens (primary N) is 1. The second-order valence-electron chi connectivity index (χ2n) is 10.4. The zero-order valence-electron chi connectivity index (χ0n) is 21.0. The number of imidazole rings is 1. The summed E-state index contributed by atoms with van der Waals surface area (Å²) in [7, 11) is -2.33. The van der Waals surface area contributed by atoms with Crippen LogP contribution in [-0.2, 0) is 13.9 Å². The van der Waals surface area contributed by atoms with Gasteiger partial charge in [-0.15, -0.1) is 6.42 Å². The minimum atomic E-state index is -2.33. The Hall–Kier alpha value is -3.33. The molecule has 0 saturated carbocycles. The third kappa shape index (κ3) is 4.71. The number of aromatic nitrogens is 4. The van der Waals surface area contributed by atoms with Crippen molar-refractivity contribution in [3.05, 3.63) is 48.3 Å². The number of benzene rings is 1. The van der Waals surface area contributed by atoms with Gasteiger partial charge >= 0.3 is 12.0 Å². The Balaban J connectivity index is 1.69. The Bertz CT molecular complexity index is 1320. The van der Waals surface area contributed by atoms with Crippen LogP contribution in [0.25, 0.3) is 11.2 Å². The van der Waals surface area contributed by atoms with E-state index in [1.54, 1.807) is 28.8 Å². The van der Waals surface area contributed by atoms with Crippen molar-refractivity contribution in [2.45, 2.75) is 63.3 Å². The third-order valence-corrected chi connectivity index (χ3v) is 11.4. The number of hydrogen-bond acceptors (Lipinski definition) is 8. The van der Waals surface area contributed by atoms with Crippen molar-refractivity contribution >= 4 is 31.3 Å². The highest BCUT2D eigenvalue weighted by Gasteiger charge is 2.54. The van der Waals surface area contributed by atoms with Crippen LogP contribution in [0.4, 0.5) is 10.2 Å². The molecule has 0 radical (unpaired) electrons. The molecular formula is C25H30FN5O4Si. The second kappa shape index (κ2) is 9.27. The number of nitrogens with zero attached hydrogens (tertiary/aromatic N) is 4. The molecule has 3 heterocycles. The van der Waals surface area contributed by atoms with Gasteiger partial charge in [0.15, 0.2) is 30.9 Å². The van der Waals surface area contributed by atoms with Crippen LogP contribution in [0.2, 0.25) is 18.1 Å². The van der Waals surface area contributed by atoms with Crippen molar-refractivity contribution in [3.8, 4) is 12.3 Å². The number of hydrogen-bond donors (Lipinski definition) is 1. The van der Waals surface area contributed by atoms with E-state index in [1.165, 1.54) is 6.33 Å². The molecule has 2 N–H and O–H groups in total. The van der Waals surface area contributed by atoms with Gasteiger partial charge in [0.25, 0.3) is 0 Å². The number of carbonyl (C=O) groups excluding carboxylic acids is 1. The van der Waals surface area contributed by atoms with Gasteiger partial charge in [0.05, 0.1) is 18.0 Å². The van der Waals surface area contributed by atoms with Crippen molar-refractivity contribution in [1.82, 2.24) is 19.5 Å². The highest BCUT2D eigenvalue weighted by Crippen LogP contribution is 2.45. The molecule has 1 fully saturated rings. The smallest absolute Gasteiger partial charge is 0.338 e. The first-order valence-corrected chi connectivity index (χ1v) is 14.5. The predicted molar refractivity (Wildman–Crippen MR) is 135 cm³/mol. The lowest BCUT2D eigenvalue weighted by molar-refractivity contribution is -0.0910. The van der Waals surface area contributed by atoms with Crippen molar-refractivity contribution in [1.29, 1.82) is 0 Å². The zero-order valence-corrected chi connectivity index (χ0v) is 22.0. The molecule has 4 rings (SSSR count). The van der Waals surface area contributed by atoms with E-state index in [1.807, 2.05) is 6.07 Å². The van der Waals surface area contributed by atoms with E-state index in [2.05, 4.69) is 54.7 Å². The van der Waals surface area contributed by atoms with Gasteiger partial charge in [0, 0.05) is 6.42 Å². The number of anilines is 1. The summed E-state index contributed by atoms with van der Waals surface area (Å²) < 4.78 is 34.2. The molecule has 3 atom stereocenters. The number of halogens is 1. The van der Waals surface area contributed by atoms with Gasteiger partial charge in [-0.05, 0) is 30.3 Å². The SMILES string of the molecule is C#C[C@]1(COC(=O)c2ccccc2)O[C@@H](n2cnc3c(N)nc(F)nc32)C[C@@H]1O[Si](C)(C)C(C)(C)C. The molecule has 2 aromatic heterocycles. The molecule has 0 bridgehead atoms. The molecule has 1 aliphatic rings. The van der Waals surface area contributed by atoms with Gasteiger partial charge in [0.1, 0.15) is 12.8 Å². The van der Waals surface area contributed by atoms with Crippen LogP contribution in [0, 0.1) is 18.4 Å². The number of rotatable bonds is 6. The number of nitrogen functional groups attached to an aromatic ring is 1. The lowest BCUT2D eigenvalue weighted by atomic mass is 9.99. The van der Waals surface area contributed by atoms with Gasteiger partial charge in [-0.1, -0.05) is 44.9 Å². The molecule has 11 heteroatoms. The summed E-state index contributed by atoms with van der Waals surface area (Å²) in [6.07, 6.45) is 5.47. The number of terminal acetylenes is 1. The Morgan fingerprint density at radius 2 is 2.03 bits per heavy atom. The summed E-state index contributed by atoms with van der Waals surface area (Å²) in [5, 5.41) is -0.112. The number of fused-ring (bicyclic) bond motifs is 1. The maximum absolute atomic E-state index is 14.0. The molecular weight excluding hydrogens is 481 g/mol. The predicted octanol–water partition coefficient (Wildman–Crippen LogP) is 4.09. The van der Waals surface area contributed by atoms with E-state index < -0.39 is 38.3 Å². The fourth-order valence-corrected chi connectivity index (χ4v) is 5.19. The molecule has 1 aromatic carbocycles. The second-order valence-corrected chi connectivity index (χ2v) is 15.1. The highest BCUT2D eigenvalue weighted by atomic mass is 28.4. The lowest BCUT2D eigenvalue weighted by Gasteiger charge is -2.41. The molecule has 9 nitrogen and oxygen atoms in total. The molecule has 0 amide bonds. The molecule has 1 saturated heterocycles. The Morgan fingerprint density at radius 1 is 1.33 bits per heavy atom. The molecule has 0 unspecified atom stereocenters. The minimum absolute atomic E-state index is 0.0803. The summed E-state index contributed by atoms with van der Waals surface area (Å²) in [6.45, 7) is 10.3. The van der Waals surface area contributed by atoms with Crippen LogP contribution >= 0.6 is 0 Å². The molecule has 3 aromatic rings. The van der Waals surface area contributed by atoms with Crippen molar-refractivity contribution in [2.24, 2.45) is 0 Å². The largest absolute Gasteiger partial charge is 0.458 e. The summed E-state index contributed by atoms with van der Waals surface area (Å²) >= 11 is 0. The first-order chi connectivity index (χ1) is 16.9. The first-order valence-electron chi connectivity index (χ1n) is 11.6. The first kappa shape index (κ1) is 25.8. The highest BCUT2D eigenvalue weighted by molar-refractivity contribution is 6.74. The summed E-state index contributed by atoms with van der Waals surface area (Å²) in [5.41, 5.74) is 5.25. The van der Waals surface area contributed by atoms with Crippen LogP contribution in [0.1, 0.15) is 43.8 Å². The Kier molecular flexibility index (Phi) is 6.63. The molecule has 36 heavy (non-hydrogen) atoms. The van der Waals surface area contributed by atoms with Crippen LogP contribution in [-0.4, -0.2) is 52.1 Å². The molecule has 0 spiro atoms. The van der Waals surface area contributed by atoms with Gasteiger partial charge in [0.2, 0.25) is 0 Å².